The van der Waals surface area contributed by atoms with Crippen molar-refractivity contribution >= 4 is 28.9 Å². The minimum atomic E-state index is -0.761. The van der Waals surface area contributed by atoms with E-state index in [4.69, 9.17) is 9.47 Å². The Kier molecular flexibility index (Phi) is 5.69. The van der Waals surface area contributed by atoms with E-state index in [2.05, 4.69) is 5.32 Å². The Morgan fingerprint density at radius 1 is 1.19 bits per heavy atom. The Morgan fingerprint density at radius 2 is 1.88 bits per heavy atom. The minimum Gasteiger partial charge on any atom is -0.467 e. The Hall–Kier alpha value is -2.83. The van der Waals surface area contributed by atoms with Crippen LogP contribution in [0.4, 0.5) is 4.79 Å². The lowest BCUT2D eigenvalue weighted by Gasteiger charge is -2.20. The highest BCUT2D eigenvalue weighted by atomic mass is 16.6. The summed E-state index contributed by atoms with van der Waals surface area (Å²) in [5.74, 6) is -0.816. The number of nitrogens with zero attached hydrogens (tertiary/aromatic N) is 1. The highest BCUT2D eigenvalue weighted by molar-refractivity contribution is 5.90. The molecule has 0 unspecified atom stereocenters. The topological polar surface area (TPSA) is 86.6 Å². The summed E-state index contributed by atoms with van der Waals surface area (Å²) in [4.78, 5) is 35.4. The quantitative estimate of drug-likeness (QED) is 0.847. The number of amides is 1. The van der Waals surface area contributed by atoms with E-state index in [9.17, 15) is 14.4 Å². The molecule has 0 aliphatic carbocycles. The molecule has 0 aliphatic heterocycles. The number of rotatable bonds is 4. The summed E-state index contributed by atoms with van der Waals surface area (Å²) in [6.07, 6.45) is 1.49. The summed E-state index contributed by atoms with van der Waals surface area (Å²) >= 11 is 0. The summed E-state index contributed by atoms with van der Waals surface area (Å²) in [7, 11) is 1.28. The van der Waals surface area contributed by atoms with Crippen LogP contribution < -0.4 is 5.32 Å². The lowest BCUT2D eigenvalue weighted by molar-refractivity contribution is -0.144. The van der Waals surface area contributed by atoms with E-state index in [1.165, 1.54) is 18.6 Å². The fraction of sp³-hybridized carbons (Fsp3) is 0.421. The lowest BCUT2D eigenvalue weighted by Crippen LogP contribution is -2.41. The summed E-state index contributed by atoms with van der Waals surface area (Å²) in [5, 5.41) is 3.42. The molecular formula is C19H24N2O5. The molecule has 140 valence electrons. The first-order valence-corrected chi connectivity index (χ1v) is 8.29. The zero-order valence-corrected chi connectivity index (χ0v) is 15.7. The van der Waals surface area contributed by atoms with E-state index in [0.717, 1.165) is 10.9 Å². The Labute approximate surface area is 152 Å². The fourth-order valence-corrected chi connectivity index (χ4v) is 2.61. The van der Waals surface area contributed by atoms with E-state index < -0.39 is 23.7 Å². The average molecular weight is 360 g/mol. The van der Waals surface area contributed by atoms with Gasteiger partial charge in [0, 0.05) is 24.9 Å². The third-order valence-corrected chi connectivity index (χ3v) is 3.65. The van der Waals surface area contributed by atoms with Gasteiger partial charge < -0.3 is 14.8 Å². The van der Waals surface area contributed by atoms with Gasteiger partial charge in [0.25, 0.3) is 0 Å². The van der Waals surface area contributed by atoms with Gasteiger partial charge in [-0.25, -0.2) is 9.59 Å². The molecule has 26 heavy (non-hydrogen) atoms. The Bertz CT molecular complexity index is 832. The van der Waals surface area contributed by atoms with Crippen molar-refractivity contribution in [2.24, 2.45) is 0 Å². The molecule has 2 aromatic rings. The predicted molar refractivity (Wildman–Crippen MR) is 96.9 cm³/mol. The van der Waals surface area contributed by atoms with Crippen LogP contribution in [-0.2, 0) is 25.5 Å². The second-order valence-electron chi connectivity index (χ2n) is 7.04. The van der Waals surface area contributed by atoms with Gasteiger partial charge in [-0.3, -0.25) is 9.36 Å². The Morgan fingerprint density at radius 3 is 2.46 bits per heavy atom. The number of ether oxygens (including phenoxy) is 2. The van der Waals surface area contributed by atoms with Crippen molar-refractivity contribution in [1.82, 2.24) is 9.88 Å². The van der Waals surface area contributed by atoms with Crippen molar-refractivity contribution < 1.29 is 23.9 Å². The SMILES string of the molecule is COC(=O)[C@H](Cc1ccc2c(ccn2C(=O)OC(C)(C)C)c1)NC(C)=O. The molecule has 0 saturated carbocycles. The van der Waals surface area contributed by atoms with Crippen LogP contribution in [0.3, 0.4) is 0 Å². The molecule has 0 radical (unpaired) electrons. The molecule has 1 heterocycles. The second-order valence-corrected chi connectivity index (χ2v) is 7.04. The van der Waals surface area contributed by atoms with Crippen molar-refractivity contribution in [3.8, 4) is 0 Å². The van der Waals surface area contributed by atoms with Gasteiger partial charge in [0.2, 0.25) is 5.91 Å². The number of benzene rings is 1. The number of esters is 1. The summed E-state index contributed by atoms with van der Waals surface area (Å²) in [6.45, 7) is 6.77. The fourth-order valence-electron chi connectivity index (χ4n) is 2.61. The monoisotopic (exact) mass is 360 g/mol. The molecule has 1 N–H and O–H groups in total. The minimum absolute atomic E-state index is 0.291. The summed E-state index contributed by atoms with van der Waals surface area (Å²) in [5.41, 5.74) is 0.959. The van der Waals surface area contributed by atoms with Crippen molar-refractivity contribution in [1.29, 1.82) is 0 Å². The van der Waals surface area contributed by atoms with Gasteiger partial charge >= 0.3 is 12.1 Å². The first kappa shape index (κ1) is 19.5. The molecule has 1 aromatic heterocycles. The van der Waals surface area contributed by atoms with E-state index in [-0.39, 0.29) is 5.91 Å². The molecule has 0 bridgehead atoms. The molecule has 7 heteroatoms. The molecule has 0 saturated heterocycles. The van der Waals surface area contributed by atoms with Crippen molar-refractivity contribution in [3.63, 3.8) is 0 Å². The van der Waals surface area contributed by atoms with E-state index >= 15 is 0 Å². The van der Waals surface area contributed by atoms with Crippen LogP contribution in [0.15, 0.2) is 30.5 Å². The molecule has 2 rings (SSSR count). The number of carbonyl (C=O) groups excluding carboxylic acids is 3. The Balaban J connectivity index is 2.25. The molecule has 0 aliphatic rings. The maximum absolute atomic E-state index is 12.3. The largest absolute Gasteiger partial charge is 0.467 e. The highest BCUT2D eigenvalue weighted by Crippen LogP contribution is 2.20. The second kappa shape index (κ2) is 7.59. The highest BCUT2D eigenvalue weighted by Gasteiger charge is 2.22. The summed E-state index contributed by atoms with van der Waals surface area (Å²) in [6, 6.07) is 6.50. The van der Waals surface area contributed by atoms with E-state index in [0.29, 0.717) is 11.9 Å². The molecule has 1 amide bonds. The van der Waals surface area contributed by atoms with Crippen molar-refractivity contribution in [2.75, 3.05) is 7.11 Å². The number of nitrogens with one attached hydrogen (secondary N) is 1. The third kappa shape index (κ3) is 4.84. The number of hydrogen-bond donors (Lipinski definition) is 1. The van der Waals surface area contributed by atoms with Crippen LogP contribution in [0.25, 0.3) is 10.9 Å². The first-order valence-electron chi connectivity index (χ1n) is 8.29. The van der Waals surface area contributed by atoms with E-state index in [1.54, 1.807) is 24.4 Å². The number of methoxy groups -OCH3 is 1. The smallest absolute Gasteiger partial charge is 0.418 e. The third-order valence-electron chi connectivity index (χ3n) is 3.65. The molecule has 0 fully saturated rings. The van der Waals surface area contributed by atoms with Crippen LogP contribution in [0.1, 0.15) is 33.3 Å². The van der Waals surface area contributed by atoms with Crippen LogP contribution >= 0.6 is 0 Å². The van der Waals surface area contributed by atoms with Gasteiger partial charge in [-0.2, -0.15) is 0 Å². The molecule has 7 nitrogen and oxygen atoms in total. The number of carbonyl (C=O) groups is 3. The lowest BCUT2D eigenvalue weighted by atomic mass is 10.0. The standard InChI is InChI=1S/C19H24N2O5/c1-12(22)20-15(17(23)25-5)11-13-6-7-16-14(10-13)8-9-21(16)18(24)26-19(2,3)4/h6-10,15H,11H2,1-5H3,(H,20,22)/t15-/m0/s1. The maximum Gasteiger partial charge on any atom is 0.418 e. The number of aromatic nitrogens is 1. The van der Waals surface area contributed by atoms with Gasteiger partial charge in [-0.15, -0.1) is 0 Å². The zero-order valence-electron chi connectivity index (χ0n) is 15.7. The van der Waals surface area contributed by atoms with Gasteiger partial charge in [0.05, 0.1) is 12.6 Å². The zero-order chi connectivity index (χ0) is 19.5. The summed E-state index contributed by atoms with van der Waals surface area (Å²) < 4.78 is 11.6. The number of hydrogen-bond acceptors (Lipinski definition) is 5. The van der Waals surface area contributed by atoms with Gasteiger partial charge in [-0.1, -0.05) is 6.07 Å². The molecular weight excluding hydrogens is 336 g/mol. The normalized spacial score (nSPS) is 12.5. The maximum atomic E-state index is 12.3. The van der Waals surface area contributed by atoms with Crippen molar-refractivity contribution in [3.05, 3.63) is 36.0 Å². The van der Waals surface area contributed by atoms with Crippen LogP contribution in [-0.4, -0.2) is 41.3 Å². The van der Waals surface area contributed by atoms with E-state index in [1.807, 2.05) is 26.8 Å². The number of fused-ring (bicyclic) bond motifs is 1. The first-order chi connectivity index (χ1) is 12.1. The van der Waals surface area contributed by atoms with Gasteiger partial charge in [0.1, 0.15) is 11.6 Å². The van der Waals surface area contributed by atoms with Crippen LogP contribution in [0, 0.1) is 0 Å². The van der Waals surface area contributed by atoms with Gasteiger partial charge in [-0.05, 0) is 44.5 Å². The molecule has 1 atom stereocenters. The van der Waals surface area contributed by atoms with Crippen molar-refractivity contribution in [2.45, 2.75) is 45.8 Å². The van der Waals surface area contributed by atoms with Crippen LogP contribution in [0.2, 0.25) is 0 Å². The van der Waals surface area contributed by atoms with Crippen LogP contribution in [0.5, 0.6) is 0 Å². The average Bonchev–Trinajstić information content (AvgIpc) is 2.94. The predicted octanol–water partition coefficient (Wildman–Crippen LogP) is 2.64. The van der Waals surface area contributed by atoms with Gasteiger partial charge in [0.15, 0.2) is 0 Å². The molecule has 1 aromatic carbocycles. The molecule has 0 spiro atoms.